The summed E-state index contributed by atoms with van der Waals surface area (Å²) in [5.74, 6) is 1.74. The molecule has 3 heteroatoms. The molecule has 0 aliphatic carbocycles. The summed E-state index contributed by atoms with van der Waals surface area (Å²) in [5.41, 5.74) is 0. The highest BCUT2D eigenvalue weighted by Gasteiger charge is 2.21. The summed E-state index contributed by atoms with van der Waals surface area (Å²) in [6, 6.07) is 0. The summed E-state index contributed by atoms with van der Waals surface area (Å²) in [6.07, 6.45) is 3.52. The van der Waals surface area contributed by atoms with Crippen LogP contribution >= 0.6 is 11.6 Å². The molecular formula is C11H20ClNO. The minimum Gasteiger partial charge on any atom is -0.342 e. The van der Waals surface area contributed by atoms with Crippen molar-refractivity contribution in [2.24, 2.45) is 11.8 Å². The van der Waals surface area contributed by atoms with Gasteiger partial charge in [0.2, 0.25) is 5.91 Å². The standard InChI is InChI=1S/C11H20ClNO/c1-9(2)10-4-3-6-13(7-5-10)11(14)8-12/h9-10H,3-8H2,1-2H3. The van der Waals surface area contributed by atoms with E-state index in [9.17, 15) is 4.79 Å². The normalized spacial score (nSPS) is 23.7. The third-order valence-corrected chi connectivity index (χ3v) is 3.41. The van der Waals surface area contributed by atoms with E-state index in [0.29, 0.717) is 0 Å². The number of likely N-dealkylation sites (tertiary alicyclic amines) is 1. The molecule has 0 bridgehead atoms. The van der Waals surface area contributed by atoms with E-state index in [1.54, 1.807) is 0 Å². The Hall–Kier alpha value is -0.240. The molecule has 0 N–H and O–H groups in total. The molecule has 1 unspecified atom stereocenters. The SMILES string of the molecule is CC(C)C1CCCN(C(=O)CCl)CC1. The number of hydrogen-bond donors (Lipinski definition) is 0. The average molecular weight is 218 g/mol. The molecule has 1 amide bonds. The van der Waals surface area contributed by atoms with Crippen molar-refractivity contribution in [1.29, 1.82) is 0 Å². The lowest BCUT2D eigenvalue weighted by Gasteiger charge is -2.20. The number of nitrogens with zero attached hydrogens (tertiary/aromatic N) is 1. The Morgan fingerprint density at radius 3 is 2.71 bits per heavy atom. The van der Waals surface area contributed by atoms with Crippen LogP contribution in [0.3, 0.4) is 0 Å². The monoisotopic (exact) mass is 217 g/mol. The number of amides is 1. The largest absolute Gasteiger partial charge is 0.342 e. The summed E-state index contributed by atoms with van der Waals surface area (Å²) in [5, 5.41) is 0. The Balaban J connectivity index is 2.44. The van der Waals surface area contributed by atoms with Crippen LogP contribution in [0.15, 0.2) is 0 Å². The van der Waals surface area contributed by atoms with Gasteiger partial charge in [-0.2, -0.15) is 0 Å². The minimum absolute atomic E-state index is 0.0936. The quantitative estimate of drug-likeness (QED) is 0.651. The number of carbonyl (C=O) groups is 1. The van der Waals surface area contributed by atoms with Gasteiger partial charge in [-0.25, -0.2) is 0 Å². The first-order valence-corrected chi connectivity index (χ1v) is 6.02. The molecule has 2 nitrogen and oxygen atoms in total. The Labute approximate surface area is 91.6 Å². The van der Waals surface area contributed by atoms with Gasteiger partial charge in [0.05, 0.1) is 0 Å². The fourth-order valence-corrected chi connectivity index (χ4v) is 2.29. The summed E-state index contributed by atoms with van der Waals surface area (Å²) < 4.78 is 0. The van der Waals surface area contributed by atoms with Gasteiger partial charge in [0, 0.05) is 13.1 Å². The molecule has 1 fully saturated rings. The van der Waals surface area contributed by atoms with Crippen molar-refractivity contribution in [3.8, 4) is 0 Å². The Morgan fingerprint density at radius 2 is 2.14 bits per heavy atom. The van der Waals surface area contributed by atoms with E-state index in [4.69, 9.17) is 11.6 Å². The molecule has 1 heterocycles. The van der Waals surface area contributed by atoms with Crippen LogP contribution < -0.4 is 0 Å². The van der Waals surface area contributed by atoms with Crippen LogP contribution in [0.25, 0.3) is 0 Å². The zero-order valence-corrected chi connectivity index (χ0v) is 9.89. The molecule has 0 aromatic carbocycles. The van der Waals surface area contributed by atoms with Gasteiger partial charge in [0.1, 0.15) is 5.88 Å². The molecule has 1 aliphatic rings. The van der Waals surface area contributed by atoms with E-state index >= 15 is 0 Å². The van der Waals surface area contributed by atoms with Gasteiger partial charge < -0.3 is 4.90 Å². The van der Waals surface area contributed by atoms with Gasteiger partial charge >= 0.3 is 0 Å². The molecular weight excluding hydrogens is 198 g/mol. The maximum atomic E-state index is 11.4. The average Bonchev–Trinajstić information content (AvgIpc) is 2.41. The summed E-state index contributed by atoms with van der Waals surface area (Å²) in [4.78, 5) is 13.3. The van der Waals surface area contributed by atoms with Gasteiger partial charge in [0.25, 0.3) is 0 Å². The third kappa shape index (κ3) is 3.16. The molecule has 0 spiro atoms. The van der Waals surface area contributed by atoms with Crippen LogP contribution in [0.5, 0.6) is 0 Å². The zero-order valence-electron chi connectivity index (χ0n) is 9.13. The lowest BCUT2D eigenvalue weighted by molar-refractivity contribution is -0.128. The Bertz CT molecular complexity index is 194. The summed E-state index contributed by atoms with van der Waals surface area (Å²) in [7, 11) is 0. The van der Waals surface area contributed by atoms with E-state index in [1.807, 2.05) is 4.90 Å². The lowest BCUT2D eigenvalue weighted by atomic mass is 9.89. The second-order valence-electron chi connectivity index (χ2n) is 4.45. The first-order chi connectivity index (χ1) is 6.65. The number of carbonyl (C=O) groups excluding carboxylic acids is 1. The summed E-state index contributed by atoms with van der Waals surface area (Å²) in [6.45, 7) is 6.33. The fraction of sp³-hybridized carbons (Fsp3) is 0.909. The molecule has 82 valence electrons. The second-order valence-corrected chi connectivity index (χ2v) is 4.72. The van der Waals surface area contributed by atoms with Gasteiger partial charge in [-0.1, -0.05) is 13.8 Å². The van der Waals surface area contributed by atoms with E-state index in [2.05, 4.69) is 13.8 Å². The molecule has 1 atom stereocenters. The summed E-state index contributed by atoms with van der Waals surface area (Å²) >= 11 is 5.55. The topological polar surface area (TPSA) is 20.3 Å². The highest BCUT2D eigenvalue weighted by Crippen LogP contribution is 2.24. The van der Waals surface area contributed by atoms with Crippen molar-refractivity contribution in [3.63, 3.8) is 0 Å². The van der Waals surface area contributed by atoms with Gasteiger partial charge in [-0.15, -0.1) is 11.6 Å². The second kappa shape index (κ2) is 5.59. The lowest BCUT2D eigenvalue weighted by Crippen LogP contribution is -2.32. The van der Waals surface area contributed by atoms with Crippen LogP contribution in [0.2, 0.25) is 0 Å². The third-order valence-electron chi connectivity index (χ3n) is 3.18. The Morgan fingerprint density at radius 1 is 1.43 bits per heavy atom. The van der Waals surface area contributed by atoms with Crippen molar-refractivity contribution >= 4 is 17.5 Å². The van der Waals surface area contributed by atoms with E-state index in [-0.39, 0.29) is 11.8 Å². The van der Waals surface area contributed by atoms with Crippen LogP contribution in [-0.2, 0) is 4.79 Å². The molecule has 0 aromatic rings. The van der Waals surface area contributed by atoms with Crippen molar-refractivity contribution in [1.82, 2.24) is 4.90 Å². The molecule has 14 heavy (non-hydrogen) atoms. The first-order valence-electron chi connectivity index (χ1n) is 5.49. The first kappa shape index (κ1) is 11.8. The number of halogens is 1. The minimum atomic E-state index is 0.0936. The van der Waals surface area contributed by atoms with Crippen molar-refractivity contribution in [2.75, 3.05) is 19.0 Å². The molecule has 1 saturated heterocycles. The van der Waals surface area contributed by atoms with Crippen LogP contribution in [0, 0.1) is 11.8 Å². The van der Waals surface area contributed by atoms with Crippen LogP contribution in [0.1, 0.15) is 33.1 Å². The number of alkyl halides is 1. The molecule has 0 saturated carbocycles. The van der Waals surface area contributed by atoms with Gasteiger partial charge in [0.15, 0.2) is 0 Å². The van der Waals surface area contributed by atoms with Crippen LogP contribution in [-0.4, -0.2) is 29.8 Å². The molecule has 1 rings (SSSR count). The van der Waals surface area contributed by atoms with Gasteiger partial charge in [-0.05, 0) is 31.1 Å². The molecule has 0 aromatic heterocycles. The smallest absolute Gasteiger partial charge is 0.237 e. The molecule has 1 aliphatic heterocycles. The Kier molecular flexibility index (Phi) is 4.73. The predicted molar refractivity (Wildman–Crippen MR) is 59.5 cm³/mol. The highest BCUT2D eigenvalue weighted by atomic mass is 35.5. The predicted octanol–water partition coefficient (Wildman–Crippen LogP) is 2.51. The van der Waals surface area contributed by atoms with E-state index in [0.717, 1.165) is 37.8 Å². The van der Waals surface area contributed by atoms with Crippen molar-refractivity contribution in [2.45, 2.75) is 33.1 Å². The zero-order chi connectivity index (χ0) is 10.6. The number of hydrogen-bond acceptors (Lipinski definition) is 1. The maximum Gasteiger partial charge on any atom is 0.237 e. The van der Waals surface area contributed by atoms with E-state index < -0.39 is 0 Å². The van der Waals surface area contributed by atoms with E-state index in [1.165, 1.54) is 6.42 Å². The number of rotatable bonds is 2. The maximum absolute atomic E-state index is 11.4. The molecule has 0 radical (unpaired) electrons. The highest BCUT2D eigenvalue weighted by molar-refractivity contribution is 6.27. The van der Waals surface area contributed by atoms with Crippen LogP contribution in [0.4, 0.5) is 0 Å². The van der Waals surface area contributed by atoms with Crippen molar-refractivity contribution in [3.05, 3.63) is 0 Å². The van der Waals surface area contributed by atoms with Gasteiger partial charge in [-0.3, -0.25) is 4.79 Å². The van der Waals surface area contributed by atoms with Crippen molar-refractivity contribution < 1.29 is 4.79 Å². The fourth-order valence-electron chi connectivity index (χ4n) is 2.12.